The number of carbonyl (C=O) groups is 2. The molecule has 0 amide bonds. The lowest BCUT2D eigenvalue weighted by Crippen LogP contribution is -2.28. The largest absolute Gasteiger partial charge is 0.497 e. The maximum atomic E-state index is 12.3. The number of ether oxygens (including phenoxy) is 3. The number of methoxy groups -OCH3 is 2. The van der Waals surface area contributed by atoms with Crippen LogP contribution >= 0.6 is 0 Å². The molecular formula is C19H19NO7. The van der Waals surface area contributed by atoms with Crippen molar-refractivity contribution in [3.8, 4) is 11.5 Å². The summed E-state index contributed by atoms with van der Waals surface area (Å²) in [7, 11) is 3.02. The Bertz CT molecular complexity index is 846. The predicted octanol–water partition coefficient (Wildman–Crippen LogP) is 2.97. The molecule has 142 valence electrons. The highest BCUT2D eigenvalue weighted by Crippen LogP contribution is 2.26. The number of hydrogen-bond acceptors (Lipinski definition) is 7. The fourth-order valence-electron chi connectivity index (χ4n) is 2.41. The lowest BCUT2D eigenvalue weighted by atomic mass is 10.0. The summed E-state index contributed by atoms with van der Waals surface area (Å²) in [5.74, 6) is 0.0329. The number of carbonyl (C=O) groups excluding carboxylic acids is 2. The molecule has 1 atom stereocenters. The Kier molecular flexibility index (Phi) is 6.48. The molecule has 0 N–H and O–H groups in total. The summed E-state index contributed by atoms with van der Waals surface area (Å²) >= 11 is 0. The smallest absolute Gasteiger partial charge is 0.338 e. The van der Waals surface area contributed by atoms with Gasteiger partial charge >= 0.3 is 5.97 Å². The number of esters is 1. The maximum Gasteiger partial charge on any atom is 0.338 e. The zero-order valence-electron chi connectivity index (χ0n) is 15.1. The van der Waals surface area contributed by atoms with Crippen molar-refractivity contribution in [2.24, 2.45) is 0 Å². The molecule has 0 saturated carbocycles. The van der Waals surface area contributed by atoms with E-state index >= 15 is 0 Å². The van der Waals surface area contributed by atoms with Crippen LogP contribution in [0.3, 0.4) is 0 Å². The van der Waals surface area contributed by atoms with Gasteiger partial charge in [0.2, 0.25) is 0 Å². The van der Waals surface area contributed by atoms with E-state index in [9.17, 15) is 19.7 Å². The van der Waals surface area contributed by atoms with Gasteiger partial charge in [0, 0.05) is 24.6 Å². The number of hydrogen-bond donors (Lipinski definition) is 0. The molecule has 0 radical (unpaired) electrons. The van der Waals surface area contributed by atoms with Gasteiger partial charge in [0.1, 0.15) is 11.5 Å². The molecule has 0 aliphatic carbocycles. The first-order valence-electron chi connectivity index (χ1n) is 8.02. The molecule has 0 fully saturated rings. The van der Waals surface area contributed by atoms with Crippen LogP contribution in [0.15, 0.2) is 42.5 Å². The Labute approximate surface area is 155 Å². The third-order valence-electron chi connectivity index (χ3n) is 3.92. The quantitative estimate of drug-likeness (QED) is 0.398. The van der Waals surface area contributed by atoms with Crippen LogP contribution in [0.25, 0.3) is 0 Å². The average molecular weight is 373 g/mol. The predicted molar refractivity (Wildman–Crippen MR) is 96.2 cm³/mol. The second kappa shape index (κ2) is 8.79. The third kappa shape index (κ3) is 5.04. The second-order valence-corrected chi connectivity index (χ2v) is 5.69. The molecule has 2 aromatic rings. The molecule has 0 spiro atoms. The van der Waals surface area contributed by atoms with E-state index in [1.807, 2.05) is 0 Å². The molecule has 0 aliphatic heterocycles. The highest BCUT2D eigenvalue weighted by molar-refractivity contribution is 5.92. The molecule has 0 saturated heterocycles. The third-order valence-corrected chi connectivity index (χ3v) is 3.92. The van der Waals surface area contributed by atoms with Gasteiger partial charge in [-0.2, -0.15) is 0 Å². The van der Waals surface area contributed by atoms with Gasteiger partial charge in [-0.3, -0.25) is 14.9 Å². The van der Waals surface area contributed by atoms with Crippen molar-refractivity contribution in [2.45, 2.75) is 19.4 Å². The van der Waals surface area contributed by atoms with Gasteiger partial charge in [0.25, 0.3) is 5.69 Å². The molecule has 8 heteroatoms. The second-order valence-electron chi connectivity index (χ2n) is 5.69. The van der Waals surface area contributed by atoms with Crippen LogP contribution in [0.5, 0.6) is 11.5 Å². The minimum Gasteiger partial charge on any atom is -0.497 e. The van der Waals surface area contributed by atoms with E-state index in [-0.39, 0.29) is 23.5 Å². The van der Waals surface area contributed by atoms with E-state index in [0.717, 1.165) is 0 Å². The molecule has 0 aliphatic rings. The van der Waals surface area contributed by atoms with E-state index in [1.165, 1.54) is 45.4 Å². The monoisotopic (exact) mass is 373 g/mol. The van der Waals surface area contributed by atoms with Crippen molar-refractivity contribution in [1.29, 1.82) is 0 Å². The molecule has 1 unspecified atom stereocenters. The molecular weight excluding hydrogens is 354 g/mol. The molecule has 0 bridgehead atoms. The van der Waals surface area contributed by atoms with Crippen LogP contribution in [0.4, 0.5) is 5.69 Å². The summed E-state index contributed by atoms with van der Waals surface area (Å²) in [6.45, 7) is 1.32. The first-order chi connectivity index (χ1) is 12.8. The summed E-state index contributed by atoms with van der Waals surface area (Å²) in [6.07, 6.45) is -0.892. The van der Waals surface area contributed by atoms with Crippen LogP contribution in [0.1, 0.15) is 22.8 Å². The van der Waals surface area contributed by atoms with Crippen molar-refractivity contribution < 1.29 is 28.7 Å². The van der Waals surface area contributed by atoms with Crippen LogP contribution in [-0.2, 0) is 16.0 Å². The minimum absolute atomic E-state index is 0.119. The molecule has 2 rings (SSSR count). The molecule has 2 aromatic carbocycles. The molecule has 8 nitrogen and oxygen atoms in total. The van der Waals surface area contributed by atoms with Gasteiger partial charge in [-0.1, -0.05) is 6.07 Å². The van der Waals surface area contributed by atoms with Gasteiger partial charge < -0.3 is 14.2 Å². The van der Waals surface area contributed by atoms with Crippen LogP contribution in [0.2, 0.25) is 0 Å². The Morgan fingerprint density at radius 3 is 2.26 bits per heavy atom. The van der Waals surface area contributed by atoms with Crippen molar-refractivity contribution in [3.05, 3.63) is 63.7 Å². The van der Waals surface area contributed by atoms with Crippen molar-refractivity contribution in [3.63, 3.8) is 0 Å². The topological polar surface area (TPSA) is 105 Å². The average Bonchev–Trinajstić information content (AvgIpc) is 2.67. The maximum absolute atomic E-state index is 12.3. The van der Waals surface area contributed by atoms with Gasteiger partial charge in [-0.15, -0.1) is 0 Å². The number of nitro groups is 1. The molecule has 0 aromatic heterocycles. The summed E-state index contributed by atoms with van der Waals surface area (Å²) < 4.78 is 15.7. The lowest BCUT2D eigenvalue weighted by molar-refractivity contribution is -0.384. The Balaban J connectivity index is 2.17. The standard InChI is InChI=1S/C19H19NO7/c1-12(21)17(10-14-6-9-16(25-2)11-18(14)26-3)27-19(22)13-4-7-15(8-5-13)20(23)24/h4-9,11,17H,10H2,1-3H3. The normalized spacial score (nSPS) is 11.4. The Morgan fingerprint density at radius 1 is 1.07 bits per heavy atom. The Hall–Kier alpha value is -3.42. The zero-order chi connectivity index (χ0) is 20.0. The summed E-state index contributed by atoms with van der Waals surface area (Å²) in [4.78, 5) is 34.4. The highest BCUT2D eigenvalue weighted by Gasteiger charge is 2.23. The lowest BCUT2D eigenvalue weighted by Gasteiger charge is -2.17. The first-order valence-corrected chi connectivity index (χ1v) is 8.02. The van der Waals surface area contributed by atoms with Gasteiger partial charge in [0.05, 0.1) is 24.7 Å². The van der Waals surface area contributed by atoms with Gasteiger partial charge in [-0.25, -0.2) is 4.79 Å². The summed E-state index contributed by atoms with van der Waals surface area (Å²) in [5.41, 5.74) is 0.654. The molecule has 27 heavy (non-hydrogen) atoms. The van der Waals surface area contributed by atoms with Crippen molar-refractivity contribution in [1.82, 2.24) is 0 Å². The van der Waals surface area contributed by atoms with E-state index in [2.05, 4.69) is 0 Å². The molecule has 0 heterocycles. The fourth-order valence-corrected chi connectivity index (χ4v) is 2.41. The van der Waals surface area contributed by atoms with Crippen molar-refractivity contribution >= 4 is 17.4 Å². The fraction of sp³-hybridized carbons (Fsp3) is 0.263. The SMILES string of the molecule is COc1ccc(CC(OC(=O)c2ccc([N+](=O)[O-])cc2)C(C)=O)c(OC)c1. The van der Waals surface area contributed by atoms with Gasteiger partial charge in [0.15, 0.2) is 11.9 Å². The Morgan fingerprint density at radius 2 is 1.74 bits per heavy atom. The number of nitrogens with zero attached hydrogens (tertiary/aromatic N) is 1. The van der Waals surface area contributed by atoms with E-state index in [4.69, 9.17) is 14.2 Å². The van der Waals surface area contributed by atoms with E-state index < -0.39 is 17.0 Å². The number of benzene rings is 2. The number of nitro benzene ring substituents is 1. The highest BCUT2D eigenvalue weighted by atomic mass is 16.6. The zero-order valence-corrected chi connectivity index (χ0v) is 15.1. The number of Topliss-reactive ketones (excluding diaryl/α,β-unsaturated/α-hetero) is 1. The number of rotatable bonds is 8. The van der Waals surface area contributed by atoms with Crippen LogP contribution in [-0.4, -0.2) is 37.0 Å². The summed E-state index contributed by atoms with van der Waals surface area (Å²) in [5, 5.41) is 10.7. The minimum atomic E-state index is -1.02. The van der Waals surface area contributed by atoms with Gasteiger partial charge in [-0.05, 0) is 30.7 Å². The van der Waals surface area contributed by atoms with Crippen LogP contribution in [0, 0.1) is 10.1 Å². The van der Waals surface area contributed by atoms with Crippen molar-refractivity contribution in [2.75, 3.05) is 14.2 Å². The number of non-ortho nitro benzene ring substituents is 1. The van der Waals surface area contributed by atoms with E-state index in [1.54, 1.807) is 18.2 Å². The summed E-state index contributed by atoms with van der Waals surface area (Å²) in [6, 6.07) is 10.1. The van der Waals surface area contributed by atoms with E-state index in [0.29, 0.717) is 17.1 Å². The first kappa shape index (κ1) is 19.9. The number of ketones is 1. The van der Waals surface area contributed by atoms with Crippen LogP contribution < -0.4 is 9.47 Å².